The normalized spacial score (nSPS) is 11.4. The van der Waals surface area contributed by atoms with E-state index in [0.717, 1.165) is 5.56 Å². The Labute approximate surface area is 162 Å². The third-order valence-electron chi connectivity index (χ3n) is 3.88. The molecule has 2 aromatic heterocycles. The number of fused-ring (bicyclic) bond motifs is 1. The minimum Gasteiger partial charge on any atom is -0.346 e. The van der Waals surface area contributed by atoms with Crippen molar-refractivity contribution in [2.45, 2.75) is 33.2 Å². The van der Waals surface area contributed by atoms with Crippen LogP contribution in [0.3, 0.4) is 0 Å². The summed E-state index contributed by atoms with van der Waals surface area (Å²) < 4.78 is 1.60. The third kappa shape index (κ3) is 4.11. The Morgan fingerprint density at radius 1 is 1.11 bits per heavy atom. The molecule has 140 valence electrons. The summed E-state index contributed by atoms with van der Waals surface area (Å²) in [4.78, 5) is 29.7. The average Bonchev–Trinajstić information content (AvgIpc) is 2.97. The Bertz CT molecular complexity index is 1030. The summed E-state index contributed by atoms with van der Waals surface area (Å²) in [5.41, 5.74) is 1.83. The Balaban J connectivity index is 1.98. The van der Waals surface area contributed by atoms with Gasteiger partial charge in [0.05, 0.1) is 5.52 Å². The molecule has 1 aromatic carbocycles. The van der Waals surface area contributed by atoms with Crippen molar-refractivity contribution in [1.29, 1.82) is 0 Å². The van der Waals surface area contributed by atoms with Crippen LogP contribution in [0.5, 0.6) is 0 Å². The SMILES string of the molecule is Cc1ccc(NC(=O)c2nc(C(=O)NC(C)(C)C)c3ccccn23)cc1Cl. The number of anilines is 1. The number of hydrogen-bond acceptors (Lipinski definition) is 3. The predicted molar refractivity (Wildman–Crippen MR) is 107 cm³/mol. The summed E-state index contributed by atoms with van der Waals surface area (Å²) in [5, 5.41) is 6.22. The molecule has 0 aliphatic carbocycles. The van der Waals surface area contributed by atoms with Crippen LogP contribution in [0.4, 0.5) is 5.69 Å². The molecule has 0 aliphatic heterocycles. The van der Waals surface area contributed by atoms with Gasteiger partial charge in [0.2, 0.25) is 5.82 Å². The molecular formula is C20H21ClN4O2. The summed E-state index contributed by atoms with van der Waals surface area (Å²) in [6.45, 7) is 7.55. The number of benzene rings is 1. The number of carbonyl (C=O) groups excluding carboxylic acids is 2. The Morgan fingerprint density at radius 3 is 2.52 bits per heavy atom. The predicted octanol–water partition coefficient (Wildman–Crippen LogP) is 4.08. The number of aryl methyl sites for hydroxylation is 1. The van der Waals surface area contributed by atoms with Crippen LogP contribution in [-0.4, -0.2) is 26.7 Å². The van der Waals surface area contributed by atoms with Gasteiger partial charge in [0, 0.05) is 22.4 Å². The van der Waals surface area contributed by atoms with Crippen molar-refractivity contribution in [2.24, 2.45) is 0 Å². The van der Waals surface area contributed by atoms with Crippen LogP contribution in [0.1, 0.15) is 47.4 Å². The number of halogens is 1. The van der Waals surface area contributed by atoms with E-state index < -0.39 is 11.4 Å². The second-order valence-electron chi connectivity index (χ2n) is 7.36. The lowest BCUT2D eigenvalue weighted by molar-refractivity contribution is 0.0916. The van der Waals surface area contributed by atoms with Crippen molar-refractivity contribution in [3.63, 3.8) is 0 Å². The van der Waals surface area contributed by atoms with Gasteiger partial charge in [-0.1, -0.05) is 23.7 Å². The molecular weight excluding hydrogens is 364 g/mol. The molecule has 2 N–H and O–H groups in total. The zero-order chi connectivity index (χ0) is 19.8. The van der Waals surface area contributed by atoms with Crippen LogP contribution in [0.15, 0.2) is 42.6 Å². The van der Waals surface area contributed by atoms with E-state index in [1.165, 1.54) is 0 Å². The maximum atomic E-state index is 12.8. The summed E-state index contributed by atoms with van der Waals surface area (Å²) in [6.07, 6.45) is 1.70. The van der Waals surface area contributed by atoms with Crippen molar-refractivity contribution < 1.29 is 9.59 Å². The van der Waals surface area contributed by atoms with Crippen molar-refractivity contribution in [3.8, 4) is 0 Å². The molecule has 7 heteroatoms. The van der Waals surface area contributed by atoms with Crippen LogP contribution in [-0.2, 0) is 0 Å². The smallest absolute Gasteiger partial charge is 0.292 e. The second kappa shape index (κ2) is 7.04. The van der Waals surface area contributed by atoms with Crippen LogP contribution in [0.2, 0.25) is 5.02 Å². The number of pyridine rings is 1. The first-order valence-electron chi connectivity index (χ1n) is 8.53. The molecule has 6 nitrogen and oxygen atoms in total. The highest BCUT2D eigenvalue weighted by atomic mass is 35.5. The molecule has 27 heavy (non-hydrogen) atoms. The monoisotopic (exact) mass is 384 g/mol. The molecule has 0 aliphatic rings. The van der Waals surface area contributed by atoms with Crippen LogP contribution in [0.25, 0.3) is 5.52 Å². The number of rotatable bonds is 3. The van der Waals surface area contributed by atoms with Gasteiger partial charge in [-0.25, -0.2) is 4.98 Å². The van der Waals surface area contributed by atoms with Gasteiger partial charge in [-0.15, -0.1) is 0 Å². The topological polar surface area (TPSA) is 75.5 Å². The van der Waals surface area contributed by atoms with E-state index >= 15 is 0 Å². The van der Waals surface area contributed by atoms with E-state index in [2.05, 4.69) is 15.6 Å². The average molecular weight is 385 g/mol. The van der Waals surface area contributed by atoms with E-state index in [1.54, 1.807) is 40.9 Å². The van der Waals surface area contributed by atoms with Crippen molar-refractivity contribution in [2.75, 3.05) is 5.32 Å². The first-order chi connectivity index (χ1) is 12.7. The largest absolute Gasteiger partial charge is 0.346 e. The molecule has 0 atom stereocenters. The van der Waals surface area contributed by atoms with Crippen molar-refractivity contribution in [1.82, 2.24) is 14.7 Å². The lowest BCUT2D eigenvalue weighted by Crippen LogP contribution is -2.40. The Hall–Kier alpha value is -2.86. The van der Waals surface area contributed by atoms with Gasteiger partial charge in [-0.2, -0.15) is 0 Å². The maximum absolute atomic E-state index is 12.8. The van der Waals surface area contributed by atoms with E-state index in [-0.39, 0.29) is 17.4 Å². The minimum atomic E-state index is -0.425. The Kier molecular flexibility index (Phi) is 4.93. The summed E-state index contributed by atoms with van der Waals surface area (Å²) in [5.74, 6) is -0.629. The van der Waals surface area contributed by atoms with Crippen molar-refractivity contribution in [3.05, 3.63) is 64.7 Å². The third-order valence-corrected chi connectivity index (χ3v) is 4.29. The highest BCUT2D eigenvalue weighted by Gasteiger charge is 2.24. The lowest BCUT2D eigenvalue weighted by atomic mass is 10.1. The lowest BCUT2D eigenvalue weighted by Gasteiger charge is -2.19. The summed E-state index contributed by atoms with van der Waals surface area (Å²) >= 11 is 6.12. The molecule has 0 saturated carbocycles. The second-order valence-corrected chi connectivity index (χ2v) is 7.77. The first-order valence-corrected chi connectivity index (χ1v) is 8.90. The van der Waals surface area contributed by atoms with Gasteiger partial charge < -0.3 is 10.6 Å². The van der Waals surface area contributed by atoms with Crippen LogP contribution in [0, 0.1) is 6.92 Å². The number of hydrogen-bond donors (Lipinski definition) is 2. The Morgan fingerprint density at radius 2 is 1.85 bits per heavy atom. The fourth-order valence-corrected chi connectivity index (χ4v) is 2.80. The quantitative estimate of drug-likeness (QED) is 0.714. The van der Waals surface area contributed by atoms with Crippen LogP contribution >= 0.6 is 11.6 Å². The number of imidazole rings is 1. The standard InChI is InChI=1S/C20H21ClN4O2/c1-12-8-9-13(11-14(12)21)22-19(27)17-23-16(18(26)24-20(2,3)4)15-7-5-6-10-25(15)17/h5-11H,1-4H3,(H,22,27)(H,24,26). The zero-order valence-corrected chi connectivity index (χ0v) is 16.4. The molecule has 0 saturated heterocycles. The molecule has 0 fully saturated rings. The highest BCUT2D eigenvalue weighted by Crippen LogP contribution is 2.21. The number of nitrogens with one attached hydrogen (secondary N) is 2. The number of nitrogens with zero attached hydrogens (tertiary/aromatic N) is 2. The molecule has 2 amide bonds. The number of carbonyl (C=O) groups is 2. The zero-order valence-electron chi connectivity index (χ0n) is 15.6. The van der Waals surface area contributed by atoms with E-state index in [4.69, 9.17) is 11.6 Å². The van der Waals surface area contributed by atoms with Gasteiger partial charge in [-0.05, 0) is 57.5 Å². The van der Waals surface area contributed by atoms with Gasteiger partial charge in [0.15, 0.2) is 5.69 Å². The van der Waals surface area contributed by atoms with Crippen molar-refractivity contribution >= 4 is 34.6 Å². The minimum absolute atomic E-state index is 0.126. The van der Waals surface area contributed by atoms with E-state index in [9.17, 15) is 9.59 Å². The van der Waals surface area contributed by atoms with Crippen LogP contribution < -0.4 is 10.6 Å². The van der Waals surface area contributed by atoms with Gasteiger partial charge in [0.1, 0.15) is 0 Å². The molecule has 0 radical (unpaired) electrons. The fourth-order valence-electron chi connectivity index (χ4n) is 2.62. The van der Waals surface area contributed by atoms with Gasteiger partial charge in [-0.3, -0.25) is 14.0 Å². The summed E-state index contributed by atoms with van der Waals surface area (Å²) in [6, 6.07) is 10.6. The molecule has 0 unspecified atom stereocenters. The van der Waals surface area contributed by atoms with E-state index in [0.29, 0.717) is 16.2 Å². The molecule has 3 aromatic rings. The van der Waals surface area contributed by atoms with Gasteiger partial charge in [0.25, 0.3) is 11.8 Å². The van der Waals surface area contributed by atoms with E-state index in [1.807, 2.05) is 33.8 Å². The van der Waals surface area contributed by atoms with Gasteiger partial charge >= 0.3 is 0 Å². The maximum Gasteiger partial charge on any atom is 0.292 e. The number of aromatic nitrogens is 2. The molecule has 3 rings (SSSR count). The number of amides is 2. The molecule has 2 heterocycles. The molecule has 0 spiro atoms. The fraction of sp³-hybridized carbons (Fsp3) is 0.250. The summed E-state index contributed by atoms with van der Waals surface area (Å²) in [7, 11) is 0. The highest BCUT2D eigenvalue weighted by molar-refractivity contribution is 6.31. The first kappa shape index (κ1) is 18.9. The molecule has 0 bridgehead atoms.